The second-order valence-corrected chi connectivity index (χ2v) is 13.9. The lowest BCUT2D eigenvalue weighted by molar-refractivity contribution is 0.122. The van der Waals surface area contributed by atoms with E-state index in [2.05, 4.69) is 13.8 Å². The molecule has 0 radical (unpaired) electrons. The highest BCUT2D eigenvalue weighted by Crippen LogP contribution is 2.28. The maximum atomic E-state index is 5.53. The third-order valence-electron chi connectivity index (χ3n) is 5.99. The van der Waals surface area contributed by atoms with Crippen molar-refractivity contribution in [3.05, 3.63) is 0 Å². The lowest BCUT2D eigenvalue weighted by Gasteiger charge is -2.26. The van der Waals surface area contributed by atoms with Crippen molar-refractivity contribution in [1.82, 2.24) is 0 Å². The predicted molar refractivity (Wildman–Crippen MR) is 118 cm³/mol. The average Bonchev–Trinajstić information content (AvgIpc) is 2.74. The molecule has 0 N–H and O–H groups in total. The van der Waals surface area contributed by atoms with Gasteiger partial charge in [-0.2, -0.15) is 0 Å². The molecule has 8 heteroatoms. The quantitative estimate of drug-likeness (QED) is 0.206. The Hall–Kier alpha value is 0.194. The van der Waals surface area contributed by atoms with E-state index in [1.807, 2.05) is 0 Å². The van der Waals surface area contributed by atoms with Gasteiger partial charge < -0.3 is 26.6 Å². The Kier molecular flexibility index (Phi) is 16.1. The Bertz CT molecular complexity index is 320. The van der Waals surface area contributed by atoms with Crippen molar-refractivity contribution in [3.63, 3.8) is 0 Å². The first-order valence-electron chi connectivity index (χ1n) is 10.7. The highest BCUT2D eigenvalue weighted by Gasteiger charge is 2.37. The molecule has 0 amide bonds. The fourth-order valence-corrected chi connectivity index (χ4v) is 7.37. The molecule has 0 saturated carbocycles. The number of unbranched alkanes of at least 4 members (excludes halogenated alkanes) is 2. The molecule has 0 aromatic heterocycles. The Morgan fingerprint density at radius 2 is 0.964 bits per heavy atom. The van der Waals surface area contributed by atoms with Crippen LogP contribution in [-0.4, -0.2) is 60.3 Å². The van der Waals surface area contributed by atoms with Crippen LogP contribution in [0.2, 0.25) is 12.1 Å². The maximum Gasteiger partial charge on any atom is 0.500 e. The van der Waals surface area contributed by atoms with Crippen LogP contribution in [0.4, 0.5) is 0 Å². The van der Waals surface area contributed by atoms with Crippen molar-refractivity contribution >= 4 is 17.6 Å². The van der Waals surface area contributed by atoms with E-state index in [4.69, 9.17) is 26.6 Å². The molecule has 1 unspecified atom stereocenters. The molecule has 6 nitrogen and oxygen atoms in total. The van der Waals surface area contributed by atoms with E-state index in [9.17, 15) is 0 Å². The second-order valence-electron chi connectivity index (χ2n) is 7.70. The molecule has 0 heterocycles. The van der Waals surface area contributed by atoms with Crippen molar-refractivity contribution in [1.29, 1.82) is 0 Å². The largest absolute Gasteiger partial charge is 0.500 e. The van der Waals surface area contributed by atoms with Crippen LogP contribution in [0, 0.1) is 11.8 Å². The van der Waals surface area contributed by atoms with Crippen molar-refractivity contribution < 1.29 is 26.6 Å². The number of hydrogen-bond donors (Lipinski definition) is 0. The molecular weight excluding hydrogens is 392 g/mol. The summed E-state index contributed by atoms with van der Waals surface area (Å²) in [4.78, 5) is 0. The molecule has 0 aromatic rings. The summed E-state index contributed by atoms with van der Waals surface area (Å²) < 4.78 is 33.2. The van der Waals surface area contributed by atoms with Gasteiger partial charge in [0.15, 0.2) is 0 Å². The van der Waals surface area contributed by atoms with Gasteiger partial charge in [-0.1, -0.05) is 46.0 Å². The van der Waals surface area contributed by atoms with Crippen LogP contribution in [-0.2, 0) is 26.6 Å². The standard InChI is InChI=1S/C20H46O6Si2/c1-9-19(2)18-20(14-10-12-16-27(21-3,22-4)23-5)15-11-13-17-28(24-6,25-7)26-8/h19-20H,9-18H2,1-8H3. The summed E-state index contributed by atoms with van der Waals surface area (Å²) >= 11 is 0. The minimum atomic E-state index is -2.43. The van der Waals surface area contributed by atoms with E-state index >= 15 is 0 Å². The highest BCUT2D eigenvalue weighted by molar-refractivity contribution is 6.60. The fourth-order valence-electron chi connectivity index (χ4n) is 3.78. The third kappa shape index (κ3) is 10.3. The molecule has 0 aliphatic heterocycles. The number of rotatable bonds is 19. The summed E-state index contributed by atoms with van der Waals surface area (Å²) in [5.41, 5.74) is 0. The monoisotopic (exact) mass is 438 g/mol. The van der Waals surface area contributed by atoms with E-state index < -0.39 is 17.6 Å². The summed E-state index contributed by atoms with van der Waals surface area (Å²) in [7, 11) is 5.27. The van der Waals surface area contributed by atoms with Crippen LogP contribution in [0.5, 0.6) is 0 Å². The first-order chi connectivity index (χ1) is 13.4. The number of hydrogen-bond acceptors (Lipinski definition) is 6. The smallest absolute Gasteiger partial charge is 0.377 e. The van der Waals surface area contributed by atoms with Crippen LogP contribution in [0.1, 0.15) is 65.2 Å². The van der Waals surface area contributed by atoms with E-state index in [0.29, 0.717) is 0 Å². The molecule has 0 aliphatic rings. The third-order valence-corrected chi connectivity index (χ3v) is 11.7. The van der Waals surface area contributed by atoms with E-state index in [1.54, 1.807) is 42.7 Å². The summed E-state index contributed by atoms with van der Waals surface area (Å²) in [5.74, 6) is 1.54. The normalized spacial score (nSPS) is 14.0. The van der Waals surface area contributed by atoms with Gasteiger partial charge >= 0.3 is 17.6 Å². The van der Waals surface area contributed by atoms with Gasteiger partial charge in [-0.25, -0.2) is 0 Å². The molecule has 0 fully saturated rings. The van der Waals surface area contributed by atoms with Crippen molar-refractivity contribution in [2.75, 3.05) is 42.7 Å². The van der Waals surface area contributed by atoms with E-state index in [0.717, 1.165) is 36.8 Å². The van der Waals surface area contributed by atoms with E-state index in [-0.39, 0.29) is 0 Å². The van der Waals surface area contributed by atoms with Gasteiger partial charge in [-0.05, 0) is 31.1 Å². The zero-order chi connectivity index (χ0) is 21.5. The molecule has 0 spiro atoms. The van der Waals surface area contributed by atoms with Gasteiger partial charge in [0.05, 0.1) is 0 Å². The first-order valence-corrected chi connectivity index (χ1v) is 14.6. The first kappa shape index (κ1) is 28.2. The predicted octanol–water partition coefficient (Wildman–Crippen LogP) is 5.14. The molecule has 1 atom stereocenters. The summed E-state index contributed by atoms with van der Waals surface area (Å²) in [6.07, 6.45) is 9.63. The summed E-state index contributed by atoms with van der Waals surface area (Å²) in [6.45, 7) is 4.65. The SMILES string of the molecule is CCC(C)CC(CCCC[Si](OC)(OC)OC)CCCC[Si](OC)(OC)OC. The Morgan fingerprint density at radius 1 is 0.607 bits per heavy atom. The molecule has 0 bridgehead atoms. The van der Waals surface area contributed by atoms with Gasteiger partial charge in [0, 0.05) is 54.7 Å². The van der Waals surface area contributed by atoms with Gasteiger partial charge in [0.25, 0.3) is 0 Å². The van der Waals surface area contributed by atoms with Crippen molar-refractivity contribution in [2.24, 2.45) is 11.8 Å². The maximum absolute atomic E-state index is 5.53. The Labute approximate surface area is 176 Å². The molecular formula is C20H46O6Si2. The topological polar surface area (TPSA) is 55.4 Å². The zero-order valence-corrected chi connectivity index (χ0v) is 21.7. The molecule has 170 valence electrons. The molecule has 0 aliphatic carbocycles. The van der Waals surface area contributed by atoms with Crippen molar-refractivity contribution in [3.8, 4) is 0 Å². The Morgan fingerprint density at radius 3 is 1.25 bits per heavy atom. The summed E-state index contributed by atoms with van der Waals surface area (Å²) in [6, 6.07) is 1.77. The molecule has 28 heavy (non-hydrogen) atoms. The molecule has 0 rings (SSSR count). The lowest BCUT2D eigenvalue weighted by atomic mass is 9.86. The van der Waals surface area contributed by atoms with Gasteiger partial charge in [0.1, 0.15) is 0 Å². The molecule has 0 aromatic carbocycles. The van der Waals surface area contributed by atoms with E-state index in [1.165, 1.54) is 38.5 Å². The average molecular weight is 439 g/mol. The lowest BCUT2D eigenvalue weighted by Crippen LogP contribution is -2.42. The fraction of sp³-hybridized carbons (Fsp3) is 1.00. The van der Waals surface area contributed by atoms with Gasteiger partial charge in [-0.3, -0.25) is 0 Å². The van der Waals surface area contributed by atoms with Crippen LogP contribution in [0.15, 0.2) is 0 Å². The zero-order valence-electron chi connectivity index (χ0n) is 19.7. The van der Waals surface area contributed by atoms with Crippen LogP contribution in [0.3, 0.4) is 0 Å². The summed E-state index contributed by atoms with van der Waals surface area (Å²) in [5, 5.41) is 0. The highest BCUT2D eigenvalue weighted by atomic mass is 28.4. The van der Waals surface area contributed by atoms with Crippen LogP contribution < -0.4 is 0 Å². The van der Waals surface area contributed by atoms with Crippen LogP contribution >= 0.6 is 0 Å². The van der Waals surface area contributed by atoms with Crippen LogP contribution in [0.25, 0.3) is 0 Å². The minimum absolute atomic E-state index is 0.766. The second kappa shape index (κ2) is 16.0. The van der Waals surface area contributed by atoms with Gasteiger partial charge in [-0.15, -0.1) is 0 Å². The van der Waals surface area contributed by atoms with Crippen molar-refractivity contribution in [2.45, 2.75) is 77.3 Å². The minimum Gasteiger partial charge on any atom is -0.377 e. The molecule has 0 saturated heterocycles. The Balaban J connectivity index is 4.43. The van der Waals surface area contributed by atoms with Gasteiger partial charge in [0.2, 0.25) is 0 Å².